The summed E-state index contributed by atoms with van der Waals surface area (Å²) in [7, 11) is 0. The fourth-order valence-electron chi connectivity index (χ4n) is 2.03. The van der Waals surface area contributed by atoms with Crippen molar-refractivity contribution >= 4 is 5.96 Å². The number of nitrogens with zero attached hydrogens (tertiary/aromatic N) is 1. The molecule has 0 aliphatic rings. The number of nitrogens with one attached hydrogen (secondary N) is 4. The van der Waals surface area contributed by atoms with Crippen LogP contribution in [0.4, 0.5) is 0 Å². The van der Waals surface area contributed by atoms with Gasteiger partial charge in [0, 0.05) is 19.3 Å². The van der Waals surface area contributed by atoms with Crippen LogP contribution in [-0.4, -0.2) is 29.0 Å². The SMILES string of the molecule is N=C(N)NCCCNCc1ccc(-c2c[nH]cnc2=O)cc1. The summed E-state index contributed by atoms with van der Waals surface area (Å²) in [5.41, 5.74) is 7.52. The van der Waals surface area contributed by atoms with Crippen LogP contribution in [0.3, 0.4) is 0 Å². The van der Waals surface area contributed by atoms with Crippen molar-refractivity contribution in [3.05, 3.63) is 52.7 Å². The van der Waals surface area contributed by atoms with E-state index in [-0.39, 0.29) is 11.5 Å². The number of hydrogen-bond acceptors (Lipinski definition) is 4. The van der Waals surface area contributed by atoms with Crippen molar-refractivity contribution in [2.75, 3.05) is 13.1 Å². The van der Waals surface area contributed by atoms with E-state index in [4.69, 9.17) is 11.1 Å². The average Bonchev–Trinajstić information content (AvgIpc) is 2.52. The molecule has 22 heavy (non-hydrogen) atoms. The van der Waals surface area contributed by atoms with Gasteiger partial charge < -0.3 is 21.4 Å². The molecule has 6 N–H and O–H groups in total. The van der Waals surface area contributed by atoms with Gasteiger partial charge in [-0.2, -0.15) is 4.98 Å². The molecule has 0 saturated heterocycles. The zero-order chi connectivity index (χ0) is 15.8. The maximum absolute atomic E-state index is 11.7. The molecule has 7 heteroatoms. The smallest absolute Gasteiger partial charge is 0.280 e. The highest BCUT2D eigenvalue weighted by molar-refractivity contribution is 5.74. The van der Waals surface area contributed by atoms with Crippen molar-refractivity contribution in [1.82, 2.24) is 20.6 Å². The van der Waals surface area contributed by atoms with Crippen molar-refractivity contribution < 1.29 is 0 Å². The van der Waals surface area contributed by atoms with E-state index in [1.807, 2.05) is 24.3 Å². The van der Waals surface area contributed by atoms with Gasteiger partial charge in [0.2, 0.25) is 0 Å². The van der Waals surface area contributed by atoms with Crippen LogP contribution in [0.15, 0.2) is 41.6 Å². The lowest BCUT2D eigenvalue weighted by molar-refractivity contribution is 0.639. The molecule has 0 aliphatic heterocycles. The molecule has 2 aromatic rings. The second-order valence-corrected chi connectivity index (χ2v) is 4.86. The maximum Gasteiger partial charge on any atom is 0.280 e. The van der Waals surface area contributed by atoms with E-state index in [0.717, 1.165) is 30.6 Å². The van der Waals surface area contributed by atoms with E-state index in [1.165, 1.54) is 6.33 Å². The van der Waals surface area contributed by atoms with Crippen molar-refractivity contribution in [1.29, 1.82) is 5.41 Å². The number of aromatic amines is 1. The topological polar surface area (TPSA) is 120 Å². The Morgan fingerprint density at radius 1 is 1.27 bits per heavy atom. The first-order valence-corrected chi connectivity index (χ1v) is 7.08. The molecule has 1 aromatic heterocycles. The molecule has 0 unspecified atom stereocenters. The summed E-state index contributed by atoms with van der Waals surface area (Å²) >= 11 is 0. The highest BCUT2D eigenvalue weighted by atomic mass is 16.1. The molecular weight excluding hydrogens is 280 g/mol. The minimum absolute atomic E-state index is 0.000905. The minimum Gasteiger partial charge on any atom is -0.370 e. The van der Waals surface area contributed by atoms with Gasteiger partial charge in [-0.15, -0.1) is 0 Å². The summed E-state index contributed by atoms with van der Waals surface area (Å²) < 4.78 is 0. The molecule has 0 saturated carbocycles. The standard InChI is InChI=1S/C15H20N6O/c16-15(17)20-7-1-6-18-8-11-2-4-12(5-3-11)13-9-19-10-21-14(13)22/h2-5,9-10,18H,1,6-8H2,(H4,16,17,20)(H,19,21,22). The Morgan fingerprint density at radius 3 is 2.73 bits per heavy atom. The number of H-pyrrole nitrogens is 1. The molecule has 0 spiro atoms. The Hall–Kier alpha value is -2.67. The molecule has 0 fully saturated rings. The normalized spacial score (nSPS) is 10.4. The van der Waals surface area contributed by atoms with E-state index in [0.29, 0.717) is 12.1 Å². The minimum atomic E-state index is -0.234. The van der Waals surface area contributed by atoms with Gasteiger partial charge in [0.15, 0.2) is 5.96 Å². The van der Waals surface area contributed by atoms with Gasteiger partial charge in [0.1, 0.15) is 0 Å². The Bertz CT molecular complexity index is 664. The van der Waals surface area contributed by atoms with Crippen molar-refractivity contribution in [3.8, 4) is 11.1 Å². The fourth-order valence-corrected chi connectivity index (χ4v) is 2.03. The van der Waals surface area contributed by atoms with Gasteiger partial charge in [0.25, 0.3) is 5.56 Å². The third-order valence-corrected chi connectivity index (χ3v) is 3.15. The fraction of sp³-hybridized carbons (Fsp3) is 0.267. The van der Waals surface area contributed by atoms with Crippen molar-refractivity contribution in [3.63, 3.8) is 0 Å². The zero-order valence-electron chi connectivity index (χ0n) is 12.2. The zero-order valence-corrected chi connectivity index (χ0v) is 12.2. The number of rotatable bonds is 7. The Morgan fingerprint density at radius 2 is 2.05 bits per heavy atom. The number of benzene rings is 1. The summed E-state index contributed by atoms with van der Waals surface area (Å²) in [6.07, 6.45) is 3.93. The van der Waals surface area contributed by atoms with Crippen LogP contribution in [0.25, 0.3) is 11.1 Å². The van der Waals surface area contributed by atoms with E-state index >= 15 is 0 Å². The number of aromatic nitrogens is 2. The van der Waals surface area contributed by atoms with Crippen LogP contribution in [-0.2, 0) is 6.54 Å². The van der Waals surface area contributed by atoms with Gasteiger partial charge in [-0.1, -0.05) is 24.3 Å². The monoisotopic (exact) mass is 300 g/mol. The van der Waals surface area contributed by atoms with E-state index in [1.54, 1.807) is 6.20 Å². The van der Waals surface area contributed by atoms with Crippen molar-refractivity contribution in [2.45, 2.75) is 13.0 Å². The predicted molar refractivity (Wildman–Crippen MR) is 86.5 cm³/mol. The van der Waals surface area contributed by atoms with Gasteiger partial charge in [-0.3, -0.25) is 10.2 Å². The van der Waals surface area contributed by atoms with E-state index < -0.39 is 0 Å². The number of hydrogen-bond donors (Lipinski definition) is 5. The first-order chi connectivity index (χ1) is 10.7. The Labute approximate surface area is 128 Å². The second-order valence-electron chi connectivity index (χ2n) is 4.86. The summed E-state index contributed by atoms with van der Waals surface area (Å²) in [6.45, 7) is 2.28. The van der Waals surface area contributed by atoms with Gasteiger partial charge in [0.05, 0.1) is 11.9 Å². The highest BCUT2D eigenvalue weighted by Crippen LogP contribution is 2.14. The van der Waals surface area contributed by atoms with Gasteiger partial charge in [-0.05, 0) is 24.1 Å². The molecular formula is C15H20N6O. The Balaban J connectivity index is 1.81. The summed E-state index contributed by atoms with van der Waals surface area (Å²) in [5, 5.41) is 13.1. The van der Waals surface area contributed by atoms with Crippen LogP contribution in [0.2, 0.25) is 0 Å². The summed E-state index contributed by atoms with van der Waals surface area (Å²) in [5.74, 6) is 0.000905. The number of nitrogens with two attached hydrogens (primary N) is 1. The highest BCUT2D eigenvalue weighted by Gasteiger charge is 2.02. The summed E-state index contributed by atoms with van der Waals surface area (Å²) in [4.78, 5) is 18.2. The second kappa shape index (κ2) is 7.94. The molecule has 116 valence electrons. The molecule has 0 atom stereocenters. The molecule has 0 bridgehead atoms. The van der Waals surface area contributed by atoms with Crippen LogP contribution in [0, 0.1) is 5.41 Å². The first kappa shape index (κ1) is 15.7. The lowest BCUT2D eigenvalue weighted by Gasteiger charge is -2.07. The van der Waals surface area contributed by atoms with Crippen molar-refractivity contribution in [2.24, 2.45) is 5.73 Å². The lowest BCUT2D eigenvalue weighted by Crippen LogP contribution is -2.32. The third-order valence-electron chi connectivity index (χ3n) is 3.15. The molecule has 0 radical (unpaired) electrons. The molecule has 1 heterocycles. The lowest BCUT2D eigenvalue weighted by atomic mass is 10.1. The van der Waals surface area contributed by atoms with Crippen LogP contribution in [0.5, 0.6) is 0 Å². The van der Waals surface area contributed by atoms with Crippen LogP contribution in [0.1, 0.15) is 12.0 Å². The molecule has 2 rings (SSSR count). The Kier molecular flexibility index (Phi) is 5.67. The first-order valence-electron chi connectivity index (χ1n) is 7.08. The average molecular weight is 300 g/mol. The summed E-state index contributed by atoms with van der Waals surface area (Å²) in [6, 6.07) is 7.81. The van der Waals surface area contributed by atoms with E-state index in [9.17, 15) is 4.79 Å². The largest absolute Gasteiger partial charge is 0.370 e. The molecule has 0 aliphatic carbocycles. The van der Waals surface area contributed by atoms with Crippen LogP contribution >= 0.6 is 0 Å². The number of guanidine groups is 1. The molecule has 1 aromatic carbocycles. The van der Waals surface area contributed by atoms with Gasteiger partial charge >= 0.3 is 0 Å². The van der Waals surface area contributed by atoms with Crippen LogP contribution < -0.4 is 21.9 Å². The van der Waals surface area contributed by atoms with E-state index in [2.05, 4.69) is 20.6 Å². The predicted octanol–water partition coefficient (Wildman–Crippen LogP) is 0.400. The van der Waals surface area contributed by atoms with Gasteiger partial charge in [-0.25, -0.2) is 0 Å². The molecule has 7 nitrogen and oxygen atoms in total. The maximum atomic E-state index is 11.7. The molecule has 0 amide bonds. The quantitative estimate of drug-likeness (QED) is 0.288. The third kappa shape index (κ3) is 4.71.